The van der Waals surface area contributed by atoms with Crippen molar-refractivity contribution in [2.75, 3.05) is 0 Å². The number of allylic oxidation sites excluding steroid dienone is 1. The average molecular weight is 747 g/mol. The Balaban J connectivity index is 1.05. The molecule has 58 heavy (non-hydrogen) atoms. The second-order valence-electron chi connectivity index (χ2n) is 15.2. The van der Waals surface area contributed by atoms with Gasteiger partial charge in [0.1, 0.15) is 22.3 Å². The van der Waals surface area contributed by atoms with Gasteiger partial charge in [0.25, 0.3) is 0 Å². The molecule has 0 saturated heterocycles. The minimum atomic E-state index is 0.497. The molecule has 0 fully saturated rings. The molecule has 12 rings (SSSR count). The monoisotopic (exact) mass is 746 g/mol. The van der Waals surface area contributed by atoms with E-state index in [1.165, 1.54) is 22.2 Å². The van der Waals surface area contributed by atoms with Gasteiger partial charge in [-0.25, -0.2) is 15.0 Å². The maximum Gasteiger partial charge on any atom is 0.164 e. The molecule has 6 heteroatoms. The fraction of sp³-hybridized carbons (Fsp3) is 0.0577. The molecule has 4 aromatic heterocycles. The Hall–Kier alpha value is -7.57. The first-order chi connectivity index (χ1) is 28.7. The predicted octanol–water partition coefficient (Wildman–Crippen LogP) is 13.5. The van der Waals surface area contributed by atoms with E-state index in [2.05, 4.69) is 109 Å². The lowest BCUT2D eigenvalue weighted by atomic mass is 9.93. The molecule has 0 aliphatic heterocycles. The number of rotatable bonds is 5. The minimum Gasteiger partial charge on any atom is -0.456 e. The summed E-state index contributed by atoms with van der Waals surface area (Å²) < 4.78 is 15.8. The van der Waals surface area contributed by atoms with Crippen LogP contribution < -0.4 is 0 Å². The summed E-state index contributed by atoms with van der Waals surface area (Å²) in [5.74, 6) is 2.31. The van der Waals surface area contributed by atoms with Crippen LogP contribution in [0, 0.1) is 5.92 Å². The van der Waals surface area contributed by atoms with Crippen molar-refractivity contribution < 1.29 is 8.83 Å². The second kappa shape index (κ2) is 12.7. The van der Waals surface area contributed by atoms with Gasteiger partial charge in [-0.3, -0.25) is 0 Å². The lowest BCUT2D eigenvalue weighted by Crippen LogP contribution is -2.05. The maximum atomic E-state index is 6.85. The summed E-state index contributed by atoms with van der Waals surface area (Å²) >= 11 is 0. The van der Waals surface area contributed by atoms with Gasteiger partial charge in [-0.15, -0.1) is 0 Å². The Labute approximate surface area is 333 Å². The molecule has 1 atom stereocenters. The van der Waals surface area contributed by atoms with Crippen molar-refractivity contribution in [1.82, 2.24) is 19.5 Å². The first-order valence-electron chi connectivity index (χ1n) is 19.7. The second-order valence-corrected chi connectivity index (χ2v) is 15.2. The van der Waals surface area contributed by atoms with Crippen molar-refractivity contribution in [1.29, 1.82) is 0 Å². The summed E-state index contributed by atoms with van der Waals surface area (Å²) in [6, 6.07) is 54.3. The largest absolute Gasteiger partial charge is 0.456 e. The summed E-state index contributed by atoms with van der Waals surface area (Å²) in [7, 11) is 0. The van der Waals surface area contributed by atoms with Crippen LogP contribution in [0.4, 0.5) is 0 Å². The number of hydrogen-bond acceptors (Lipinski definition) is 5. The standard InChI is InChI=1S/C52H34N4O2/c1-31-25-27-42-39(29-31)36-17-8-9-21-41(36)56(42)43-22-12-24-46-48(43)37-19-10-18-35(49(37)58-46)34-26-28-44-40(30-34)47-38(20-11-23-45(47)57-44)52-54-50(32-13-4-2-5-14-32)53-51(55-52)33-15-6-3-7-16-33/h2-28,30-31H,29H2,1H3. The van der Waals surface area contributed by atoms with Crippen LogP contribution in [-0.4, -0.2) is 19.5 Å². The van der Waals surface area contributed by atoms with Gasteiger partial charge in [-0.05, 0) is 65.9 Å². The van der Waals surface area contributed by atoms with E-state index < -0.39 is 0 Å². The predicted molar refractivity (Wildman–Crippen MR) is 235 cm³/mol. The number of benzene rings is 7. The third-order valence-electron chi connectivity index (χ3n) is 11.6. The zero-order chi connectivity index (χ0) is 38.3. The maximum absolute atomic E-state index is 6.85. The van der Waals surface area contributed by atoms with Gasteiger partial charge in [0.05, 0.1) is 16.6 Å². The van der Waals surface area contributed by atoms with Crippen molar-refractivity contribution in [3.8, 4) is 51.0 Å². The smallest absolute Gasteiger partial charge is 0.164 e. The van der Waals surface area contributed by atoms with Crippen LogP contribution in [-0.2, 0) is 6.42 Å². The van der Waals surface area contributed by atoms with E-state index in [1.807, 2.05) is 72.8 Å². The SMILES string of the molecule is CC1C=Cc2c(c3ccccc3n2-c2cccc3oc4c(-c5ccc6oc7cccc(-c8nc(-c9ccccc9)nc(-c9ccccc9)n8)c7c6c5)cccc4c23)C1. The van der Waals surface area contributed by atoms with Crippen molar-refractivity contribution >= 4 is 60.9 Å². The third-order valence-corrected chi connectivity index (χ3v) is 11.6. The number of fused-ring (bicyclic) bond motifs is 9. The summed E-state index contributed by atoms with van der Waals surface area (Å²) in [6.45, 7) is 2.29. The summed E-state index contributed by atoms with van der Waals surface area (Å²) in [5, 5.41) is 5.42. The zero-order valence-corrected chi connectivity index (χ0v) is 31.6. The topological polar surface area (TPSA) is 69.9 Å². The fourth-order valence-corrected chi connectivity index (χ4v) is 8.97. The molecule has 0 amide bonds. The Morgan fingerprint density at radius 1 is 0.517 bits per heavy atom. The van der Waals surface area contributed by atoms with Gasteiger partial charge >= 0.3 is 0 Å². The Morgan fingerprint density at radius 2 is 1.17 bits per heavy atom. The molecular weight excluding hydrogens is 713 g/mol. The van der Waals surface area contributed by atoms with Crippen LogP contribution in [0.2, 0.25) is 0 Å². The highest BCUT2D eigenvalue weighted by atomic mass is 16.3. The van der Waals surface area contributed by atoms with E-state index >= 15 is 0 Å². The number of para-hydroxylation sites is 2. The fourth-order valence-electron chi connectivity index (χ4n) is 8.97. The van der Waals surface area contributed by atoms with Gasteiger partial charge < -0.3 is 13.4 Å². The number of nitrogens with zero attached hydrogens (tertiary/aromatic N) is 4. The molecule has 6 nitrogen and oxygen atoms in total. The van der Waals surface area contributed by atoms with Crippen molar-refractivity contribution in [2.45, 2.75) is 13.3 Å². The molecule has 4 heterocycles. The van der Waals surface area contributed by atoms with E-state index in [4.69, 9.17) is 23.8 Å². The highest BCUT2D eigenvalue weighted by Crippen LogP contribution is 2.44. The average Bonchev–Trinajstić information content (AvgIpc) is 3.96. The molecule has 0 bridgehead atoms. The number of aromatic nitrogens is 4. The van der Waals surface area contributed by atoms with Gasteiger partial charge in [-0.2, -0.15) is 0 Å². The first-order valence-corrected chi connectivity index (χ1v) is 19.7. The molecule has 0 spiro atoms. The van der Waals surface area contributed by atoms with E-state index in [1.54, 1.807) is 0 Å². The molecule has 0 saturated carbocycles. The molecular formula is C52H34N4O2. The van der Waals surface area contributed by atoms with Crippen molar-refractivity contribution in [2.24, 2.45) is 5.92 Å². The van der Waals surface area contributed by atoms with E-state index in [0.29, 0.717) is 23.4 Å². The van der Waals surface area contributed by atoms with Crippen LogP contribution in [0.1, 0.15) is 18.2 Å². The van der Waals surface area contributed by atoms with Gasteiger partial charge in [0, 0.05) is 49.5 Å². The molecule has 1 unspecified atom stereocenters. The summed E-state index contributed by atoms with van der Waals surface area (Å²) in [5.41, 5.74) is 13.0. The Morgan fingerprint density at radius 3 is 1.97 bits per heavy atom. The highest BCUT2D eigenvalue weighted by Gasteiger charge is 2.24. The van der Waals surface area contributed by atoms with Crippen LogP contribution in [0.3, 0.4) is 0 Å². The van der Waals surface area contributed by atoms with Gasteiger partial charge in [0.15, 0.2) is 17.5 Å². The third kappa shape index (κ3) is 5.01. The molecule has 7 aromatic carbocycles. The molecule has 11 aromatic rings. The van der Waals surface area contributed by atoms with Crippen LogP contribution in [0.15, 0.2) is 173 Å². The first kappa shape index (κ1) is 32.7. The quantitative estimate of drug-likeness (QED) is 0.175. The lowest BCUT2D eigenvalue weighted by Gasteiger charge is -2.16. The molecule has 1 aliphatic carbocycles. The number of hydrogen-bond donors (Lipinski definition) is 0. The van der Waals surface area contributed by atoms with E-state index in [0.717, 1.165) is 83.8 Å². The van der Waals surface area contributed by atoms with Gasteiger partial charge in [0.2, 0.25) is 0 Å². The highest BCUT2D eigenvalue weighted by molar-refractivity contribution is 6.16. The number of furan rings is 2. The van der Waals surface area contributed by atoms with Crippen molar-refractivity contribution in [3.05, 3.63) is 175 Å². The molecule has 0 N–H and O–H groups in total. The van der Waals surface area contributed by atoms with Crippen LogP contribution >= 0.6 is 0 Å². The normalized spacial score (nSPS) is 14.0. The lowest BCUT2D eigenvalue weighted by molar-refractivity contribution is 0.668. The molecule has 1 aliphatic rings. The van der Waals surface area contributed by atoms with E-state index in [9.17, 15) is 0 Å². The molecule has 0 radical (unpaired) electrons. The van der Waals surface area contributed by atoms with Gasteiger partial charge in [-0.1, -0.05) is 134 Å². The summed E-state index contributed by atoms with van der Waals surface area (Å²) in [6.07, 6.45) is 5.65. The summed E-state index contributed by atoms with van der Waals surface area (Å²) in [4.78, 5) is 15.1. The van der Waals surface area contributed by atoms with Crippen LogP contribution in [0.5, 0.6) is 0 Å². The van der Waals surface area contributed by atoms with E-state index in [-0.39, 0.29) is 0 Å². The minimum absolute atomic E-state index is 0.497. The van der Waals surface area contributed by atoms with Crippen LogP contribution in [0.25, 0.3) is 112 Å². The molecule has 274 valence electrons. The Bertz CT molecular complexity index is 3390. The van der Waals surface area contributed by atoms with Crippen molar-refractivity contribution in [3.63, 3.8) is 0 Å². The Kier molecular flexibility index (Phi) is 7.17. The zero-order valence-electron chi connectivity index (χ0n) is 31.6.